The zero-order valence-corrected chi connectivity index (χ0v) is 18.5. The first-order valence-corrected chi connectivity index (χ1v) is 11.3. The minimum atomic E-state index is 0.0956. The molecule has 6 nitrogen and oxygen atoms in total. The highest BCUT2D eigenvalue weighted by atomic mass is 16.6. The summed E-state index contributed by atoms with van der Waals surface area (Å²) in [6, 6.07) is 0. The maximum absolute atomic E-state index is 11.9. The number of allylic oxidation sites excluding steroid dienone is 4. The molecule has 1 heterocycles. The highest BCUT2D eigenvalue weighted by Gasteiger charge is 2.25. The first-order valence-electron chi connectivity index (χ1n) is 11.3. The van der Waals surface area contributed by atoms with Gasteiger partial charge >= 0.3 is 0 Å². The molecule has 1 aliphatic heterocycles. The molecule has 0 bridgehead atoms. The van der Waals surface area contributed by atoms with Crippen LogP contribution in [0.1, 0.15) is 65.2 Å². The summed E-state index contributed by atoms with van der Waals surface area (Å²) in [4.78, 5) is 26.1. The van der Waals surface area contributed by atoms with Crippen LogP contribution >= 0.6 is 0 Å². The maximum atomic E-state index is 11.9. The molecule has 1 atom stereocenters. The molecule has 166 valence electrons. The number of epoxide rings is 1. The van der Waals surface area contributed by atoms with Crippen molar-refractivity contribution in [3.05, 3.63) is 24.3 Å². The third-order valence-electron chi connectivity index (χ3n) is 4.68. The molecule has 0 spiro atoms. The van der Waals surface area contributed by atoms with E-state index in [0.29, 0.717) is 32.0 Å². The van der Waals surface area contributed by atoms with Crippen LogP contribution in [0.3, 0.4) is 0 Å². The van der Waals surface area contributed by atoms with E-state index in [2.05, 4.69) is 53.7 Å². The van der Waals surface area contributed by atoms with Crippen LogP contribution in [-0.2, 0) is 14.3 Å². The normalized spacial score (nSPS) is 16.0. The molecule has 2 amide bonds. The van der Waals surface area contributed by atoms with Crippen LogP contribution in [0.4, 0.5) is 0 Å². The van der Waals surface area contributed by atoms with Crippen molar-refractivity contribution in [1.29, 1.82) is 0 Å². The number of hydrogen-bond acceptors (Lipinski definition) is 4. The SMILES string of the molecule is CCC/C=C/CCC(=O)NCCN(CCNC(=O)CC/C=C/CCC)CC1CO1. The molecule has 1 aliphatic rings. The smallest absolute Gasteiger partial charge is 0.220 e. The van der Waals surface area contributed by atoms with Crippen LogP contribution in [0.25, 0.3) is 0 Å². The zero-order chi connectivity index (χ0) is 21.2. The van der Waals surface area contributed by atoms with Crippen molar-refractivity contribution >= 4 is 11.8 Å². The number of rotatable bonds is 18. The van der Waals surface area contributed by atoms with Gasteiger partial charge in [-0.15, -0.1) is 0 Å². The number of nitrogens with one attached hydrogen (secondary N) is 2. The summed E-state index contributed by atoms with van der Waals surface area (Å²) < 4.78 is 5.33. The van der Waals surface area contributed by atoms with E-state index in [4.69, 9.17) is 4.74 Å². The van der Waals surface area contributed by atoms with Crippen LogP contribution in [0.5, 0.6) is 0 Å². The molecule has 2 N–H and O–H groups in total. The zero-order valence-electron chi connectivity index (χ0n) is 18.5. The summed E-state index contributed by atoms with van der Waals surface area (Å²) in [5.41, 5.74) is 0. The lowest BCUT2D eigenvalue weighted by Gasteiger charge is -2.21. The third-order valence-corrected chi connectivity index (χ3v) is 4.68. The van der Waals surface area contributed by atoms with E-state index in [0.717, 1.165) is 64.8 Å². The Balaban J connectivity index is 2.15. The average Bonchev–Trinajstić information content (AvgIpc) is 3.51. The van der Waals surface area contributed by atoms with Gasteiger partial charge in [0.25, 0.3) is 0 Å². The predicted molar refractivity (Wildman–Crippen MR) is 119 cm³/mol. The quantitative estimate of drug-likeness (QED) is 0.270. The Hall–Kier alpha value is -1.66. The van der Waals surface area contributed by atoms with Gasteiger partial charge < -0.3 is 15.4 Å². The fourth-order valence-electron chi connectivity index (χ4n) is 2.87. The van der Waals surface area contributed by atoms with Gasteiger partial charge in [0.15, 0.2) is 0 Å². The van der Waals surface area contributed by atoms with Gasteiger partial charge in [-0.1, -0.05) is 51.0 Å². The van der Waals surface area contributed by atoms with Crippen LogP contribution < -0.4 is 10.6 Å². The van der Waals surface area contributed by atoms with Crippen molar-refractivity contribution in [2.45, 2.75) is 71.3 Å². The predicted octanol–water partition coefficient (Wildman–Crippen LogP) is 3.19. The van der Waals surface area contributed by atoms with Crippen molar-refractivity contribution in [2.24, 2.45) is 0 Å². The Morgan fingerprint density at radius 2 is 1.31 bits per heavy atom. The first kappa shape index (κ1) is 25.4. The molecular weight excluding hydrogens is 366 g/mol. The lowest BCUT2D eigenvalue weighted by molar-refractivity contribution is -0.121. The largest absolute Gasteiger partial charge is 0.372 e. The second-order valence-corrected chi connectivity index (χ2v) is 7.55. The van der Waals surface area contributed by atoms with E-state index in [1.54, 1.807) is 0 Å². The molecule has 6 heteroatoms. The molecule has 1 saturated heterocycles. The van der Waals surface area contributed by atoms with Gasteiger partial charge in [-0.2, -0.15) is 0 Å². The number of hydrogen-bond donors (Lipinski definition) is 2. The summed E-state index contributed by atoms with van der Waals surface area (Å²) in [5, 5.41) is 5.98. The third kappa shape index (κ3) is 15.9. The van der Waals surface area contributed by atoms with Crippen LogP contribution in [0.15, 0.2) is 24.3 Å². The molecule has 1 unspecified atom stereocenters. The number of carbonyl (C=O) groups is 2. The Morgan fingerprint density at radius 3 is 1.72 bits per heavy atom. The van der Waals surface area contributed by atoms with Crippen molar-refractivity contribution < 1.29 is 14.3 Å². The van der Waals surface area contributed by atoms with E-state index in [9.17, 15) is 9.59 Å². The van der Waals surface area contributed by atoms with Crippen molar-refractivity contribution in [2.75, 3.05) is 39.3 Å². The molecule has 0 saturated carbocycles. The second kappa shape index (κ2) is 17.2. The van der Waals surface area contributed by atoms with Gasteiger partial charge in [0.1, 0.15) is 0 Å². The summed E-state index contributed by atoms with van der Waals surface area (Å²) in [6.45, 7) is 8.75. The molecule has 29 heavy (non-hydrogen) atoms. The van der Waals surface area contributed by atoms with Gasteiger partial charge in [-0.05, 0) is 25.7 Å². The van der Waals surface area contributed by atoms with Gasteiger partial charge in [0.05, 0.1) is 12.7 Å². The first-order chi connectivity index (χ1) is 14.2. The van der Waals surface area contributed by atoms with Gasteiger partial charge in [-0.3, -0.25) is 14.5 Å². The van der Waals surface area contributed by atoms with Crippen molar-refractivity contribution in [3.8, 4) is 0 Å². The molecule has 0 aromatic carbocycles. The highest BCUT2D eigenvalue weighted by Crippen LogP contribution is 2.10. The summed E-state index contributed by atoms with van der Waals surface area (Å²) >= 11 is 0. The van der Waals surface area contributed by atoms with E-state index in [-0.39, 0.29) is 11.8 Å². The lowest BCUT2D eigenvalue weighted by Crippen LogP contribution is -2.41. The fourth-order valence-corrected chi connectivity index (χ4v) is 2.87. The van der Waals surface area contributed by atoms with Crippen LogP contribution in [0.2, 0.25) is 0 Å². The van der Waals surface area contributed by atoms with Crippen molar-refractivity contribution in [1.82, 2.24) is 15.5 Å². The van der Waals surface area contributed by atoms with Crippen molar-refractivity contribution in [3.63, 3.8) is 0 Å². The average molecular weight is 408 g/mol. The molecule has 0 aromatic heterocycles. The van der Waals surface area contributed by atoms with E-state index in [1.807, 2.05) is 0 Å². The topological polar surface area (TPSA) is 74.0 Å². The summed E-state index contributed by atoms with van der Waals surface area (Å²) in [5.74, 6) is 0.191. The molecule has 1 rings (SSSR count). The lowest BCUT2D eigenvalue weighted by atomic mass is 10.2. The van der Waals surface area contributed by atoms with E-state index >= 15 is 0 Å². The minimum Gasteiger partial charge on any atom is -0.372 e. The standard InChI is InChI=1S/C23H41N3O3/c1-3-5-7-9-11-13-22(27)24-15-17-26(19-21-20-29-21)18-16-25-23(28)14-12-10-8-6-4-2/h7-10,21H,3-6,11-20H2,1-2H3,(H,24,27)(H,25,28)/b9-7+,10-8+. The monoisotopic (exact) mass is 407 g/mol. The number of carbonyl (C=O) groups excluding carboxylic acids is 2. The molecule has 0 aliphatic carbocycles. The number of unbranched alkanes of at least 4 members (excludes halogenated alkanes) is 2. The van der Waals surface area contributed by atoms with E-state index in [1.165, 1.54) is 0 Å². The molecule has 0 aromatic rings. The number of amides is 2. The van der Waals surface area contributed by atoms with Gasteiger partial charge in [-0.25, -0.2) is 0 Å². The fraction of sp³-hybridized carbons (Fsp3) is 0.739. The summed E-state index contributed by atoms with van der Waals surface area (Å²) in [6.07, 6.45) is 15.8. The Kier molecular flexibility index (Phi) is 15.1. The van der Waals surface area contributed by atoms with Crippen LogP contribution in [-0.4, -0.2) is 62.1 Å². The van der Waals surface area contributed by atoms with Crippen LogP contribution in [0, 0.1) is 0 Å². The maximum Gasteiger partial charge on any atom is 0.220 e. The Labute approximate surface area is 177 Å². The minimum absolute atomic E-state index is 0.0956. The van der Waals surface area contributed by atoms with Gasteiger partial charge in [0, 0.05) is 45.6 Å². The molecule has 1 fully saturated rings. The molecule has 0 radical (unpaired) electrons. The highest BCUT2D eigenvalue weighted by molar-refractivity contribution is 5.76. The summed E-state index contributed by atoms with van der Waals surface area (Å²) in [7, 11) is 0. The van der Waals surface area contributed by atoms with Gasteiger partial charge in [0.2, 0.25) is 11.8 Å². The Morgan fingerprint density at radius 1 is 0.862 bits per heavy atom. The molecular formula is C23H41N3O3. The van der Waals surface area contributed by atoms with E-state index < -0.39 is 0 Å². The Bertz CT molecular complexity index is 464. The second-order valence-electron chi connectivity index (χ2n) is 7.55. The number of ether oxygens (including phenoxy) is 1. The number of nitrogens with zero attached hydrogens (tertiary/aromatic N) is 1.